The van der Waals surface area contributed by atoms with Gasteiger partial charge in [0.05, 0.1) is 30.0 Å². The summed E-state index contributed by atoms with van der Waals surface area (Å²) in [6.45, 7) is 0.249. The van der Waals surface area contributed by atoms with E-state index >= 15 is 0 Å². The van der Waals surface area contributed by atoms with Crippen molar-refractivity contribution in [3.63, 3.8) is 0 Å². The van der Waals surface area contributed by atoms with Crippen molar-refractivity contribution in [1.82, 2.24) is 9.78 Å². The lowest BCUT2D eigenvalue weighted by Crippen LogP contribution is -2.17. The molecule has 1 aromatic heterocycles. The summed E-state index contributed by atoms with van der Waals surface area (Å²) in [6.07, 6.45) is 0.879. The second-order valence-electron chi connectivity index (χ2n) is 2.46. The normalized spacial score (nSPS) is 12.8. The minimum absolute atomic E-state index is 0.207. The van der Waals surface area contributed by atoms with Crippen molar-refractivity contribution in [3.05, 3.63) is 22.4 Å². The molecule has 0 fully saturated rings. The van der Waals surface area contributed by atoms with E-state index in [9.17, 15) is 15.2 Å². The van der Waals surface area contributed by atoms with Crippen LogP contribution in [0, 0.1) is 10.1 Å². The first-order chi connectivity index (χ1) is 6.13. The van der Waals surface area contributed by atoms with E-state index in [-0.39, 0.29) is 12.4 Å². The van der Waals surface area contributed by atoms with E-state index in [4.69, 9.17) is 0 Å². The first-order valence-corrected chi connectivity index (χ1v) is 4.67. The molecular formula is C6H8BrN3O3. The molecule has 1 rings (SSSR count). The van der Waals surface area contributed by atoms with E-state index in [2.05, 4.69) is 21.0 Å². The van der Waals surface area contributed by atoms with Crippen LogP contribution in [0.1, 0.15) is 0 Å². The Morgan fingerprint density at radius 1 is 1.85 bits per heavy atom. The van der Waals surface area contributed by atoms with Gasteiger partial charge in [0, 0.05) is 5.33 Å². The van der Waals surface area contributed by atoms with Crippen LogP contribution >= 0.6 is 15.9 Å². The summed E-state index contributed by atoms with van der Waals surface area (Å²) in [7, 11) is 0. The molecule has 1 aromatic rings. The summed E-state index contributed by atoms with van der Waals surface area (Å²) in [5.41, 5.74) is 0. The number of halogens is 1. The minimum atomic E-state index is -0.584. The molecule has 13 heavy (non-hydrogen) atoms. The number of rotatable bonds is 4. The SMILES string of the molecule is O=[N+]([O-])c1ccn(CC(O)CBr)n1. The number of aromatic nitrogens is 2. The number of hydrogen-bond acceptors (Lipinski definition) is 4. The monoisotopic (exact) mass is 249 g/mol. The third kappa shape index (κ3) is 2.78. The van der Waals surface area contributed by atoms with Crippen molar-refractivity contribution in [3.8, 4) is 0 Å². The smallest absolute Gasteiger partial charge is 0.389 e. The Kier molecular flexibility index (Phi) is 3.38. The van der Waals surface area contributed by atoms with Gasteiger partial charge in [-0.3, -0.25) is 0 Å². The van der Waals surface area contributed by atoms with Crippen LogP contribution in [-0.2, 0) is 6.54 Å². The molecule has 0 bridgehead atoms. The zero-order valence-corrected chi connectivity index (χ0v) is 8.22. The molecule has 7 heteroatoms. The molecule has 0 aromatic carbocycles. The van der Waals surface area contributed by atoms with Crippen LogP contribution < -0.4 is 0 Å². The van der Waals surface area contributed by atoms with Gasteiger partial charge in [0.25, 0.3) is 0 Å². The number of aliphatic hydroxyl groups excluding tert-OH is 1. The zero-order chi connectivity index (χ0) is 9.84. The van der Waals surface area contributed by atoms with Gasteiger partial charge in [0.2, 0.25) is 0 Å². The molecule has 6 nitrogen and oxygen atoms in total. The van der Waals surface area contributed by atoms with Gasteiger partial charge in [-0.2, -0.15) is 4.68 Å². The molecule has 1 N–H and O–H groups in total. The van der Waals surface area contributed by atoms with Crippen LogP contribution in [0.3, 0.4) is 0 Å². The maximum absolute atomic E-state index is 10.2. The van der Waals surface area contributed by atoms with E-state index in [1.807, 2.05) is 0 Å². The predicted octanol–water partition coefficient (Wildman–Crippen LogP) is 0.547. The second kappa shape index (κ2) is 4.33. The Bertz CT molecular complexity index is 301. The fourth-order valence-corrected chi connectivity index (χ4v) is 1.02. The summed E-state index contributed by atoms with van der Waals surface area (Å²) in [5.74, 6) is -0.207. The molecule has 0 spiro atoms. The number of nitrogens with zero attached hydrogens (tertiary/aromatic N) is 3. The summed E-state index contributed by atoms with van der Waals surface area (Å²) < 4.78 is 1.34. The standard InChI is InChI=1S/C6H8BrN3O3/c7-3-5(11)4-9-2-1-6(8-9)10(12)13/h1-2,5,11H,3-4H2. The van der Waals surface area contributed by atoms with Gasteiger partial charge in [0.15, 0.2) is 0 Å². The Morgan fingerprint density at radius 2 is 2.54 bits per heavy atom. The topological polar surface area (TPSA) is 81.2 Å². The molecule has 0 aliphatic heterocycles. The quantitative estimate of drug-likeness (QED) is 0.480. The highest BCUT2D eigenvalue weighted by Crippen LogP contribution is 2.06. The molecule has 1 heterocycles. The van der Waals surface area contributed by atoms with E-state index in [0.29, 0.717) is 5.33 Å². The van der Waals surface area contributed by atoms with Crippen molar-refractivity contribution >= 4 is 21.7 Å². The van der Waals surface area contributed by atoms with Gasteiger partial charge in [-0.1, -0.05) is 15.9 Å². The Hall–Kier alpha value is -0.950. The van der Waals surface area contributed by atoms with Crippen LogP contribution in [-0.4, -0.2) is 31.2 Å². The minimum Gasteiger partial charge on any atom is -0.390 e. The van der Waals surface area contributed by atoms with Gasteiger partial charge >= 0.3 is 5.82 Å². The molecule has 0 amide bonds. The largest absolute Gasteiger partial charge is 0.390 e. The van der Waals surface area contributed by atoms with Crippen LogP contribution in [0.4, 0.5) is 5.82 Å². The maximum Gasteiger partial charge on any atom is 0.389 e. The molecule has 0 aliphatic carbocycles. The van der Waals surface area contributed by atoms with Crippen LogP contribution in [0.5, 0.6) is 0 Å². The summed E-state index contributed by atoms with van der Waals surface area (Å²) in [4.78, 5) is 9.66. The number of nitro groups is 1. The third-order valence-corrected chi connectivity index (χ3v) is 2.14. The molecule has 0 saturated heterocycles. The van der Waals surface area contributed by atoms with E-state index in [1.165, 1.54) is 16.9 Å². The van der Waals surface area contributed by atoms with Crippen molar-refractivity contribution in [2.45, 2.75) is 12.6 Å². The van der Waals surface area contributed by atoms with Crippen LogP contribution in [0.25, 0.3) is 0 Å². The van der Waals surface area contributed by atoms with E-state index in [1.54, 1.807) is 0 Å². The van der Waals surface area contributed by atoms with E-state index in [0.717, 1.165) is 0 Å². The van der Waals surface area contributed by atoms with Crippen LogP contribution in [0.2, 0.25) is 0 Å². The average Bonchev–Trinajstić information content (AvgIpc) is 2.52. The van der Waals surface area contributed by atoms with Gasteiger partial charge in [-0.15, -0.1) is 0 Å². The Morgan fingerprint density at radius 3 is 3.00 bits per heavy atom. The van der Waals surface area contributed by atoms with Gasteiger partial charge < -0.3 is 15.2 Å². The number of alkyl halides is 1. The van der Waals surface area contributed by atoms with Crippen LogP contribution in [0.15, 0.2) is 12.3 Å². The molecular weight excluding hydrogens is 242 g/mol. The van der Waals surface area contributed by atoms with Crippen molar-refractivity contribution in [1.29, 1.82) is 0 Å². The molecule has 0 aliphatic rings. The third-order valence-electron chi connectivity index (χ3n) is 1.39. The fourth-order valence-electron chi connectivity index (χ4n) is 0.815. The summed E-state index contributed by atoms with van der Waals surface area (Å²) in [5, 5.41) is 23.5. The lowest BCUT2D eigenvalue weighted by atomic mass is 10.4. The Labute approximate surface area is 82.4 Å². The van der Waals surface area contributed by atoms with Gasteiger partial charge in [0.1, 0.15) is 0 Å². The number of aliphatic hydroxyl groups is 1. The molecule has 0 radical (unpaired) electrons. The van der Waals surface area contributed by atoms with Gasteiger partial charge in [-0.25, -0.2) is 0 Å². The fraction of sp³-hybridized carbons (Fsp3) is 0.500. The first-order valence-electron chi connectivity index (χ1n) is 3.55. The molecule has 1 atom stereocenters. The zero-order valence-electron chi connectivity index (χ0n) is 6.63. The van der Waals surface area contributed by atoms with Crippen molar-refractivity contribution in [2.24, 2.45) is 0 Å². The lowest BCUT2D eigenvalue weighted by Gasteiger charge is -2.02. The highest BCUT2D eigenvalue weighted by Gasteiger charge is 2.12. The van der Waals surface area contributed by atoms with E-state index < -0.39 is 11.0 Å². The van der Waals surface area contributed by atoms with Crippen molar-refractivity contribution < 1.29 is 10.0 Å². The highest BCUT2D eigenvalue weighted by molar-refractivity contribution is 9.09. The van der Waals surface area contributed by atoms with Crippen molar-refractivity contribution in [2.75, 3.05) is 5.33 Å². The molecule has 0 saturated carbocycles. The highest BCUT2D eigenvalue weighted by atomic mass is 79.9. The molecule has 72 valence electrons. The number of hydrogen-bond donors (Lipinski definition) is 1. The van der Waals surface area contributed by atoms with Gasteiger partial charge in [-0.05, 0) is 4.92 Å². The lowest BCUT2D eigenvalue weighted by molar-refractivity contribution is -0.389. The summed E-state index contributed by atoms with van der Waals surface area (Å²) in [6, 6.07) is 1.29. The maximum atomic E-state index is 10.2. The predicted molar refractivity (Wildman–Crippen MR) is 48.7 cm³/mol. The summed E-state index contributed by atoms with van der Waals surface area (Å²) >= 11 is 3.08. The second-order valence-corrected chi connectivity index (χ2v) is 3.11. The molecule has 1 unspecified atom stereocenters. The average molecular weight is 250 g/mol. The first kappa shape index (κ1) is 10.1. The Balaban J connectivity index is 2.64.